The van der Waals surface area contributed by atoms with Gasteiger partial charge in [-0.2, -0.15) is 0 Å². The molecule has 2 N–H and O–H groups in total. The van der Waals surface area contributed by atoms with Crippen LogP contribution in [0.2, 0.25) is 0 Å². The van der Waals surface area contributed by atoms with Crippen molar-refractivity contribution in [1.29, 1.82) is 0 Å². The second kappa shape index (κ2) is 5.25. The van der Waals surface area contributed by atoms with E-state index in [4.69, 9.17) is 4.74 Å². The van der Waals surface area contributed by atoms with Crippen LogP contribution in [-0.4, -0.2) is 29.0 Å². The van der Waals surface area contributed by atoms with Crippen LogP contribution in [0.1, 0.15) is 5.56 Å². The van der Waals surface area contributed by atoms with E-state index >= 15 is 0 Å². The maximum atomic E-state index is 9.53. The van der Waals surface area contributed by atoms with Gasteiger partial charge in [0.2, 0.25) is 0 Å². The number of hydrogen-bond donors (Lipinski definition) is 2. The molecule has 0 amide bonds. The minimum absolute atomic E-state index is 0.233. The lowest BCUT2D eigenvalue weighted by Gasteiger charge is -2.18. The Hall–Kier alpha value is -1.16. The lowest BCUT2D eigenvalue weighted by molar-refractivity contribution is 0.00105. The minimum Gasteiger partial charge on any atom is -0.389 e. The van der Waals surface area contributed by atoms with Gasteiger partial charge in [-0.05, 0) is 5.56 Å². The van der Waals surface area contributed by atoms with Crippen LogP contribution in [0.3, 0.4) is 0 Å². The predicted octanol–water partition coefficient (Wildman–Crippen LogP) is 1.11. The second-order valence-electron chi connectivity index (χ2n) is 4.03. The Morgan fingerprint density at radius 1 is 1.00 bits per heavy atom. The summed E-state index contributed by atoms with van der Waals surface area (Å²) in [5.74, 6) is -0.233. The van der Waals surface area contributed by atoms with Crippen molar-refractivity contribution >= 4 is 0 Å². The molecule has 0 aliphatic heterocycles. The van der Waals surface area contributed by atoms with Crippen molar-refractivity contribution in [2.45, 2.75) is 18.8 Å². The third kappa shape index (κ3) is 2.70. The monoisotopic (exact) mass is 220 g/mol. The summed E-state index contributed by atoms with van der Waals surface area (Å²) in [5, 5.41) is 19.1. The molecular weight excluding hydrogens is 204 g/mol. The molecule has 0 bridgehead atoms. The zero-order chi connectivity index (χ0) is 11.4. The predicted molar refractivity (Wildman–Crippen MR) is 60.7 cm³/mol. The summed E-state index contributed by atoms with van der Waals surface area (Å²) in [6, 6.07) is 9.84. The molecule has 0 fully saturated rings. The first-order valence-corrected chi connectivity index (χ1v) is 5.43. The lowest BCUT2D eigenvalue weighted by Crippen LogP contribution is -2.28. The largest absolute Gasteiger partial charge is 0.389 e. The zero-order valence-corrected chi connectivity index (χ0v) is 8.99. The molecule has 0 spiro atoms. The number of aliphatic hydroxyl groups is 2. The summed E-state index contributed by atoms with van der Waals surface area (Å²) in [4.78, 5) is 0. The molecule has 3 heteroatoms. The zero-order valence-electron chi connectivity index (χ0n) is 8.99. The highest BCUT2D eigenvalue weighted by Gasteiger charge is 2.28. The minimum atomic E-state index is -0.592. The molecule has 3 atom stereocenters. The van der Waals surface area contributed by atoms with Crippen molar-refractivity contribution in [3.63, 3.8) is 0 Å². The van der Waals surface area contributed by atoms with E-state index < -0.39 is 12.2 Å². The van der Waals surface area contributed by atoms with Crippen LogP contribution in [0.25, 0.3) is 0 Å². The van der Waals surface area contributed by atoms with Gasteiger partial charge in [0.1, 0.15) is 0 Å². The van der Waals surface area contributed by atoms with Crippen molar-refractivity contribution in [2.75, 3.05) is 6.61 Å². The molecule has 1 aromatic carbocycles. The van der Waals surface area contributed by atoms with Crippen LogP contribution >= 0.6 is 0 Å². The molecule has 3 nitrogen and oxygen atoms in total. The summed E-state index contributed by atoms with van der Waals surface area (Å²) < 4.78 is 5.48. The van der Waals surface area contributed by atoms with Gasteiger partial charge in [0.15, 0.2) is 0 Å². The SMILES string of the molecule is O[C@@H]1C=C[C@H](O)[C@H]1COCc1ccccc1. The fourth-order valence-corrected chi connectivity index (χ4v) is 1.80. The average Bonchev–Trinajstić information content (AvgIpc) is 2.62. The van der Waals surface area contributed by atoms with Gasteiger partial charge in [-0.3, -0.25) is 0 Å². The van der Waals surface area contributed by atoms with Crippen LogP contribution in [0.5, 0.6) is 0 Å². The van der Waals surface area contributed by atoms with E-state index in [1.807, 2.05) is 30.3 Å². The number of benzene rings is 1. The van der Waals surface area contributed by atoms with Crippen LogP contribution < -0.4 is 0 Å². The van der Waals surface area contributed by atoms with Crippen molar-refractivity contribution in [3.8, 4) is 0 Å². The fraction of sp³-hybridized carbons (Fsp3) is 0.385. The van der Waals surface area contributed by atoms with Gasteiger partial charge in [0.05, 0.1) is 25.4 Å². The maximum absolute atomic E-state index is 9.53. The highest BCUT2D eigenvalue weighted by molar-refractivity contribution is 5.13. The molecule has 0 saturated carbocycles. The van der Waals surface area contributed by atoms with Crippen LogP contribution in [-0.2, 0) is 11.3 Å². The fourth-order valence-electron chi connectivity index (χ4n) is 1.80. The van der Waals surface area contributed by atoms with Gasteiger partial charge < -0.3 is 14.9 Å². The van der Waals surface area contributed by atoms with E-state index in [-0.39, 0.29) is 5.92 Å². The van der Waals surface area contributed by atoms with E-state index in [2.05, 4.69) is 0 Å². The van der Waals surface area contributed by atoms with Crippen LogP contribution in [0.4, 0.5) is 0 Å². The molecule has 0 unspecified atom stereocenters. The summed E-state index contributed by atoms with van der Waals surface area (Å²) in [6.45, 7) is 0.876. The molecule has 0 saturated heterocycles. The Balaban J connectivity index is 1.76. The summed E-state index contributed by atoms with van der Waals surface area (Å²) in [5.41, 5.74) is 1.09. The first-order valence-electron chi connectivity index (χ1n) is 5.43. The lowest BCUT2D eigenvalue weighted by atomic mass is 10.0. The summed E-state index contributed by atoms with van der Waals surface area (Å²) in [6.07, 6.45) is 2.04. The van der Waals surface area contributed by atoms with Crippen LogP contribution in [0, 0.1) is 5.92 Å². The van der Waals surface area contributed by atoms with Crippen molar-refractivity contribution in [1.82, 2.24) is 0 Å². The number of hydrogen-bond acceptors (Lipinski definition) is 3. The molecule has 0 radical (unpaired) electrons. The van der Waals surface area contributed by atoms with Gasteiger partial charge in [0.25, 0.3) is 0 Å². The molecule has 0 heterocycles. The summed E-state index contributed by atoms with van der Waals surface area (Å²) >= 11 is 0. The van der Waals surface area contributed by atoms with Gasteiger partial charge in [-0.1, -0.05) is 42.5 Å². The number of aliphatic hydroxyl groups excluding tert-OH is 2. The van der Waals surface area contributed by atoms with Gasteiger partial charge in [-0.15, -0.1) is 0 Å². The van der Waals surface area contributed by atoms with Crippen molar-refractivity contribution < 1.29 is 14.9 Å². The first kappa shape index (κ1) is 11.3. The topological polar surface area (TPSA) is 49.7 Å². The van der Waals surface area contributed by atoms with E-state index in [9.17, 15) is 10.2 Å². The third-order valence-corrected chi connectivity index (χ3v) is 2.80. The van der Waals surface area contributed by atoms with E-state index in [0.717, 1.165) is 5.56 Å². The molecular formula is C13H16O3. The maximum Gasteiger partial charge on any atom is 0.0800 e. The number of ether oxygens (including phenoxy) is 1. The Labute approximate surface area is 95.0 Å². The van der Waals surface area contributed by atoms with E-state index in [1.54, 1.807) is 12.2 Å². The van der Waals surface area contributed by atoms with Gasteiger partial charge in [-0.25, -0.2) is 0 Å². The Kier molecular flexibility index (Phi) is 3.72. The van der Waals surface area contributed by atoms with Crippen molar-refractivity contribution in [3.05, 3.63) is 48.0 Å². The highest BCUT2D eigenvalue weighted by atomic mass is 16.5. The molecule has 86 valence electrons. The van der Waals surface area contributed by atoms with E-state index in [1.165, 1.54) is 0 Å². The smallest absolute Gasteiger partial charge is 0.0800 e. The molecule has 16 heavy (non-hydrogen) atoms. The second-order valence-corrected chi connectivity index (χ2v) is 4.03. The normalized spacial score (nSPS) is 28.5. The molecule has 2 rings (SSSR count). The van der Waals surface area contributed by atoms with Crippen LogP contribution in [0.15, 0.2) is 42.5 Å². The first-order chi connectivity index (χ1) is 7.77. The Bertz CT molecular complexity index is 335. The molecule has 1 aliphatic carbocycles. The van der Waals surface area contributed by atoms with E-state index in [0.29, 0.717) is 13.2 Å². The average molecular weight is 220 g/mol. The Morgan fingerprint density at radius 2 is 1.62 bits per heavy atom. The highest BCUT2D eigenvalue weighted by Crippen LogP contribution is 2.20. The summed E-state index contributed by atoms with van der Waals surface area (Å²) in [7, 11) is 0. The number of rotatable bonds is 4. The molecule has 0 aromatic heterocycles. The standard InChI is InChI=1S/C13H16O3/c14-12-6-7-13(15)11(12)9-16-8-10-4-2-1-3-5-10/h1-7,11-15H,8-9H2/t11-,12+,13-. The van der Waals surface area contributed by atoms with Gasteiger partial charge in [0, 0.05) is 5.92 Å². The Morgan fingerprint density at radius 3 is 2.25 bits per heavy atom. The molecule has 1 aliphatic rings. The van der Waals surface area contributed by atoms with Gasteiger partial charge >= 0.3 is 0 Å². The van der Waals surface area contributed by atoms with Crippen molar-refractivity contribution in [2.24, 2.45) is 5.92 Å². The third-order valence-electron chi connectivity index (χ3n) is 2.80. The quantitative estimate of drug-likeness (QED) is 0.747. The molecule has 1 aromatic rings.